The average molecular weight is 215 g/mol. The van der Waals surface area contributed by atoms with Crippen molar-refractivity contribution in [3.05, 3.63) is 52.4 Å². The third-order valence-corrected chi connectivity index (χ3v) is 2.11. The van der Waals surface area contributed by atoms with Crippen LogP contribution in [0.3, 0.4) is 0 Å². The van der Waals surface area contributed by atoms with E-state index in [1.165, 1.54) is 6.26 Å². The lowest BCUT2D eigenvalue weighted by molar-refractivity contribution is -0.297. The number of hydrogen-bond donors (Lipinski definition) is 0. The fourth-order valence-corrected chi connectivity index (χ4v) is 1.37. The van der Waals surface area contributed by atoms with Gasteiger partial charge in [0.1, 0.15) is 11.8 Å². The molecule has 1 aromatic carbocycles. The van der Waals surface area contributed by atoms with E-state index in [-0.39, 0.29) is 11.0 Å². The molecule has 0 unspecified atom stereocenters. The topological polar surface area (TPSA) is 70.3 Å². The van der Waals surface area contributed by atoms with Crippen molar-refractivity contribution in [2.45, 2.75) is 0 Å². The minimum absolute atomic E-state index is 0.183. The highest BCUT2D eigenvalue weighted by Gasteiger charge is 2.02. The molecule has 2 rings (SSSR count). The molecular formula is C12H7O4-. The normalized spacial score (nSPS) is 11.0. The van der Waals surface area contributed by atoms with Gasteiger partial charge >= 0.3 is 0 Å². The smallest absolute Gasteiger partial charge is 0.199 e. The zero-order valence-corrected chi connectivity index (χ0v) is 8.17. The van der Waals surface area contributed by atoms with E-state index < -0.39 is 5.97 Å². The van der Waals surface area contributed by atoms with Crippen molar-refractivity contribution >= 4 is 23.0 Å². The molecule has 0 saturated heterocycles. The second-order valence-corrected chi connectivity index (χ2v) is 3.17. The van der Waals surface area contributed by atoms with Gasteiger partial charge in [-0.25, -0.2) is 0 Å². The highest BCUT2D eigenvalue weighted by molar-refractivity contribution is 5.85. The number of fused-ring (bicyclic) bond motifs is 1. The van der Waals surface area contributed by atoms with Gasteiger partial charge < -0.3 is 14.3 Å². The van der Waals surface area contributed by atoms with Gasteiger partial charge in [0, 0.05) is 0 Å². The van der Waals surface area contributed by atoms with Crippen LogP contribution in [0.25, 0.3) is 17.0 Å². The third-order valence-electron chi connectivity index (χ3n) is 2.11. The molecule has 4 nitrogen and oxygen atoms in total. The maximum Gasteiger partial charge on any atom is 0.199 e. The highest BCUT2D eigenvalue weighted by atomic mass is 16.4. The zero-order chi connectivity index (χ0) is 11.5. The SMILES string of the molecule is O=C([O-])C=Cc1coc2ccccc2c1=O. The molecule has 4 heteroatoms. The summed E-state index contributed by atoms with van der Waals surface area (Å²) in [5.74, 6) is -1.35. The van der Waals surface area contributed by atoms with Crippen LogP contribution < -0.4 is 10.5 Å². The van der Waals surface area contributed by atoms with Crippen LogP contribution in [0.4, 0.5) is 0 Å². The molecule has 1 aromatic heterocycles. The Morgan fingerprint density at radius 2 is 2.06 bits per heavy atom. The Morgan fingerprint density at radius 3 is 2.81 bits per heavy atom. The summed E-state index contributed by atoms with van der Waals surface area (Å²) in [6.45, 7) is 0. The van der Waals surface area contributed by atoms with Crippen LogP contribution in [0.1, 0.15) is 5.56 Å². The van der Waals surface area contributed by atoms with Gasteiger partial charge in [0.2, 0.25) is 0 Å². The van der Waals surface area contributed by atoms with Crippen LogP contribution in [0.15, 0.2) is 45.8 Å². The number of carbonyl (C=O) groups is 1. The molecule has 80 valence electrons. The number of hydrogen-bond acceptors (Lipinski definition) is 4. The van der Waals surface area contributed by atoms with Gasteiger partial charge in [-0.05, 0) is 24.3 Å². The first-order valence-corrected chi connectivity index (χ1v) is 4.58. The standard InChI is InChI=1S/C12H8O4/c13-11(14)6-5-8-7-16-10-4-2-1-3-9(10)12(8)15/h1-7H,(H,13,14)/p-1. The summed E-state index contributed by atoms with van der Waals surface area (Å²) in [6, 6.07) is 6.76. The van der Waals surface area contributed by atoms with Gasteiger partial charge in [-0.3, -0.25) is 4.79 Å². The van der Waals surface area contributed by atoms with E-state index in [2.05, 4.69) is 0 Å². The minimum Gasteiger partial charge on any atom is -0.545 e. The molecular weight excluding hydrogens is 208 g/mol. The molecule has 0 aliphatic carbocycles. The molecule has 0 spiro atoms. The molecule has 16 heavy (non-hydrogen) atoms. The van der Waals surface area contributed by atoms with Crippen LogP contribution >= 0.6 is 0 Å². The van der Waals surface area contributed by atoms with Crippen LogP contribution in [0.2, 0.25) is 0 Å². The van der Waals surface area contributed by atoms with E-state index in [0.29, 0.717) is 11.0 Å². The Balaban J connectivity index is 2.61. The summed E-state index contributed by atoms with van der Waals surface area (Å²) in [7, 11) is 0. The summed E-state index contributed by atoms with van der Waals surface area (Å²) in [4.78, 5) is 22.0. The summed E-state index contributed by atoms with van der Waals surface area (Å²) < 4.78 is 5.19. The van der Waals surface area contributed by atoms with E-state index in [9.17, 15) is 14.7 Å². The first kappa shape index (κ1) is 10.2. The first-order valence-electron chi connectivity index (χ1n) is 4.58. The number of rotatable bonds is 2. The van der Waals surface area contributed by atoms with Gasteiger partial charge in [0.15, 0.2) is 5.43 Å². The first-order chi connectivity index (χ1) is 7.68. The lowest BCUT2D eigenvalue weighted by Gasteiger charge is -1.97. The van der Waals surface area contributed by atoms with Gasteiger partial charge in [-0.1, -0.05) is 12.1 Å². The third kappa shape index (κ3) is 1.86. The van der Waals surface area contributed by atoms with Crippen LogP contribution in [-0.2, 0) is 4.79 Å². The summed E-state index contributed by atoms with van der Waals surface area (Å²) in [5.41, 5.74) is 0.389. The van der Waals surface area contributed by atoms with E-state index in [4.69, 9.17) is 4.42 Å². The Kier molecular flexibility index (Phi) is 2.55. The lowest BCUT2D eigenvalue weighted by Crippen LogP contribution is -2.18. The second kappa shape index (κ2) is 4.02. The second-order valence-electron chi connectivity index (χ2n) is 3.17. The fraction of sp³-hybridized carbons (Fsp3) is 0. The number of carbonyl (C=O) groups excluding carboxylic acids is 1. The Morgan fingerprint density at radius 1 is 1.31 bits per heavy atom. The highest BCUT2D eigenvalue weighted by Crippen LogP contribution is 2.10. The van der Waals surface area contributed by atoms with Crippen molar-refractivity contribution in [1.29, 1.82) is 0 Å². The van der Waals surface area contributed by atoms with Crippen molar-refractivity contribution in [2.24, 2.45) is 0 Å². The maximum atomic E-state index is 11.8. The predicted molar refractivity (Wildman–Crippen MR) is 56.5 cm³/mol. The Hall–Kier alpha value is -2.36. The molecule has 2 aromatic rings. The van der Waals surface area contributed by atoms with Crippen molar-refractivity contribution in [1.82, 2.24) is 0 Å². The lowest BCUT2D eigenvalue weighted by atomic mass is 10.1. The number of aliphatic carboxylic acids is 1. The molecule has 0 aliphatic rings. The molecule has 0 atom stereocenters. The molecule has 0 radical (unpaired) electrons. The quantitative estimate of drug-likeness (QED) is 0.686. The van der Waals surface area contributed by atoms with E-state index in [0.717, 1.165) is 12.2 Å². The molecule has 1 heterocycles. The number of carboxylic acid groups (broad SMARTS) is 1. The summed E-state index contributed by atoms with van der Waals surface area (Å²) in [6.07, 6.45) is 3.18. The Labute approximate surface area is 90.4 Å². The van der Waals surface area contributed by atoms with E-state index >= 15 is 0 Å². The zero-order valence-electron chi connectivity index (χ0n) is 8.17. The van der Waals surface area contributed by atoms with Gasteiger partial charge in [0.25, 0.3) is 0 Å². The minimum atomic E-state index is -1.35. The van der Waals surface area contributed by atoms with Crippen molar-refractivity contribution in [3.8, 4) is 0 Å². The van der Waals surface area contributed by atoms with Crippen molar-refractivity contribution < 1.29 is 14.3 Å². The summed E-state index contributed by atoms with van der Waals surface area (Å²) >= 11 is 0. The number of benzene rings is 1. The molecule has 0 N–H and O–H groups in total. The molecule has 0 bridgehead atoms. The van der Waals surface area contributed by atoms with Gasteiger partial charge in [-0.15, -0.1) is 0 Å². The monoisotopic (exact) mass is 215 g/mol. The van der Waals surface area contributed by atoms with Crippen LogP contribution in [0, 0.1) is 0 Å². The average Bonchev–Trinajstić information content (AvgIpc) is 2.28. The molecule has 0 aliphatic heterocycles. The van der Waals surface area contributed by atoms with Crippen LogP contribution in [0.5, 0.6) is 0 Å². The number of para-hydroxylation sites is 1. The van der Waals surface area contributed by atoms with Crippen molar-refractivity contribution in [3.63, 3.8) is 0 Å². The Bertz CT molecular complexity index is 622. The molecule has 0 saturated carbocycles. The predicted octanol–water partition coefficient (Wildman–Crippen LogP) is 0.556. The largest absolute Gasteiger partial charge is 0.545 e. The van der Waals surface area contributed by atoms with E-state index in [1.807, 2.05) is 0 Å². The fourth-order valence-electron chi connectivity index (χ4n) is 1.37. The number of carboxylic acids is 1. The van der Waals surface area contributed by atoms with Gasteiger partial charge in [0.05, 0.1) is 16.9 Å². The van der Waals surface area contributed by atoms with E-state index in [1.54, 1.807) is 24.3 Å². The maximum absolute atomic E-state index is 11.8. The van der Waals surface area contributed by atoms with Gasteiger partial charge in [-0.2, -0.15) is 0 Å². The molecule has 0 amide bonds. The summed E-state index contributed by atoms with van der Waals surface area (Å²) in [5, 5.41) is 10.6. The molecule has 0 fully saturated rings. The van der Waals surface area contributed by atoms with Crippen molar-refractivity contribution in [2.75, 3.05) is 0 Å². The van der Waals surface area contributed by atoms with Crippen LogP contribution in [-0.4, -0.2) is 5.97 Å².